The number of halogens is 1. The lowest BCUT2D eigenvalue weighted by Gasteiger charge is -2.27. The molecule has 0 saturated carbocycles. The fraction of sp³-hybridized carbons (Fsp3) is 0.417. The van der Waals surface area contributed by atoms with Crippen molar-refractivity contribution in [3.05, 3.63) is 28.8 Å². The van der Waals surface area contributed by atoms with Gasteiger partial charge in [-0.25, -0.2) is 0 Å². The highest BCUT2D eigenvalue weighted by Crippen LogP contribution is 2.22. The van der Waals surface area contributed by atoms with Crippen molar-refractivity contribution < 1.29 is 4.79 Å². The van der Waals surface area contributed by atoms with E-state index in [1.165, 1.54) is 6.42 Å². The molecule has 16 heavy (non-hydrogen) atoms. The topological polar surface area (TPSA) is 46.3 Å². The van der Waals surface area contributed by atoms with Gasteiger partial charge in [0.15, 0.2) is 0 Å². The summed E-state index contributed by atoms with van der Waals surface area (Å²) in [4.78, 5) is 14.0. The second kappa shape index (κ2) is 4.74. The Balaban J connectivity index is 2.22. The Morgan fingerprint density at radius 1 is 1.25 bits per heavy atom. The number of carbonyl (C=O) groups excluding carboxylic acids is 1. The Morgan fingerprint density at radius 3 is 2.62 bits per heavy atom. The van der Waals surface area contributed by atoms with Crippen molar-refractivity contribution in [3.8, 4) is 0 Å². The third-order valence-electron chi connectivity index (χ3n) is 2.86. The van der Waals surface area contributed by atoms with Crippen LogP contribution in [0.4, 0.5) is 5.69 Å². The maximum absolute atomic E-state index is 12.2. The molecule has 1 aromatic rings. The largest absolute Gasteiger partial charge is 0.399 e. The third-order valence-corrected chi connectivity index (χ3v) is 3.19. The average molecular weight is 239 g/mol. The lowest BCUT2D eigenvalue weighted by molar-refractivity contribution is 0.0724. The monoisotopic (exact) mass is 238 g/mol. The highest BCUT2D eigenvalue weighted by Gasteiger charge is 2.20. The van der Waals surface area contributed by atoms with Crippen LogP contribution in [0.3, 0.4) is 0 Å². The fourth-order valence-corrected chi connectivity index (χ4v) is 2.17. The van der Waals surface area contributed by atoms with E-state index in [1.807, 2.05) is 4.90 Å². The summed E-state index contributed by atoms with van der Waals surface area (Å²) in [6.45, 7) is 1.65. The van der Waals surface area contributed by atoms with Crippen LogP contribution in [0.25, 0.3) is 0 Å². The summed E-state index contributed by atoms with van der Waals surface area (Å²) in [7, 11) is 0. The molecule has 1 heterocycles. The molecular formula is C12H15ClN2O. The predicted octanol–water partition coefficient (Wildman–Crippen LogP) is 2.55. The molecule has 0 unspecified atom stereocenters. The molecule has 2 rings (SSSR count). The van der Waals surface area contributed by atoms with Crippen molar-refractivity contribution in [3.63, 3.8) is 0 Å². The molecule has 0 bridgehead atoms. The number of hydrogen-bond acceptors (Lipinski definition) is 2. The lowest BCUT2D eigenvalue weighted by Crippen LogP contribution is -2.35. The minimum absolute atomic E-state index is 0.00278. The van der Waals surface area contributed by atoms with Gasteiger partial charge in [0.1, 0.15) is 0 Å². The zero-order valence-electron chi connectivity index (χ0n) is 9.08. The molecule has 1 aromatic carbocycles. The zero-order chi connectivity index (χ0) is 11.5. The average Bonchev–Trinajstić information content (AvgIpc) is 2.32. The number of rotatable bonds is 1. The highest BCUT2D eigenvalue weighted by molar-refractivity contribution is 6.34. The number of nitrogen functional groups attached to an aromatic ring is 1. The van der Waals surface area contributed by atoms with Crippen molar-refractivity contribution in [1.82, 2.24) is 4.90 Å². The van der Waals surface area contributed by atoms with Gasteiger partial charge < -0.3 is 10.6 Å². The Bertz CT molecular complexity index is 400. The number of piperidine rings is 1. The van der Waals surface area contributed by atoms with E-state index in [1.54, 1.807) is 18.2 Å². The van der Waals surface area contributed by atoms with E-state index < -0.39 is 0 Å². The number of nitrogens with two attached hydrogens (primary N) is 1. The maximum Gasteiger partial charge on any atom is 0.255 e. The second-order valence-electron chi connectivity index (χ2n) is 4.09. The Kier molecular flexibility index (Phi) is 3.34. The van der Waals surface area contributed by atoms with E-state index in [2.05, 4.69) is 0 Å². The van der Waals surface area contributed by atoms with Crippen LogP contribution in [0.5, 0.6) is 0 Å². The van der Waals surface area contributed by atoms with E-state index in [-0.39, 0.29) is 5.91 Å². The van der Waals surface area contributed by atoms with Crippen LogP contribution in [-0.2, 0) is 0 Å². The SMILES string of the molecule is Nc1ccc(Cl)c(C(=O)N2CCCCC2)c1. The lowest BCUT2D eigenvalue weighted by atomic mass is 10.1. The molecule has 3 nitrogen and oxygen atoms in total. The first-order valence-corrected chi connectivity index (χ1v) is 5.90. The van der Waals surface area contributed by atoms with Gasteiger partial charge in [-0.2, -0.15) is 0 Å². The third kappa shape index (κ3) is 2.30. The molecule has 4 heteroatoms. The van der Waals surface area contributed by atoms with Crippen LogP contribution in [0.1, 0.15) is 29.6 Å². The Morgan fingerprint density at radius 2 is 1.94 bits per heavy atom. The number of amides is 1. The van der Waals surface area contributed by atoms with Gasteiger partial charge in [-0.3, -0.25) is 4.79 Å². The second-order valence-corrected chi connectivity index (χ2v) is 4.50. The van der Waals surface area contributed by atoms with E-state index in [0.717, 1.165) is 25.9 Å². The number of benzene rings is 1. The van der Waals surface area contributed by atoms with Gasteiger partial charge in [0.05, 0.1) is 10.6 Å². The van der Waals surface area contributed by atoms with Crippen molar-refractivity contribution in [2.24, 2.45) is 0 Å². The predicted molar refractivity (Wildman–Crippen MR) is 65.6 cm³/mol. The molecule has 1 fully saturated rings. The van der Waals surface area contributed by atoms with Gasteiger partial charge in [-0.15, -0.1) is 0 Å². The molecular weight excluding hydrogens is 224 g/mol. The maximum atomic E-state index is 12.2. The van der Waals surface area contributed by atoms with Crippen molar-refractivity contribution >= 4 is 23.2 Å². The molecule has 1 aliphatic rings. The molecule has 0 aromatic heterocycles. The van der Waals surface area contributed by atoms with E-state index in [0.29, 0.717) is 16.3 Å². The molecule has 86 valence electrons. The van der Waals surface area contributed by atoms with Crippen LogP contribution in [-0.4, -0.2) is 23.9 Å². The number of nitrogens with zero attached hydrogens (tertiary/aromatic N) is 1. The number of carbonyl (C=O) groups is 1. The highest BCUT2D eigenvalue weighted by atomic mass is 35.5. The summed E-state index contributed by atoms with van der Waals surface area (Å²) >= 11 is 6.01. The number of hydrogen-bond donors (Lipinski definition) is 1. The van der Waals surface area contributed by atoms with E-state index in [4.69, 9.17) is 17.3 Å². The van der Waals surface area contributed by atoms with Gasteiger partial charge >= 0.3 is 0 Å². The summed E-state index contributed by atoms with van der Waals surface area (Å²) in [5.74, 6) is -0.00278. The molecule has 0 aliphatic carbocycles. The van der Waals surface area contributed by atoms with Gasteiger partial charge in [0, 0.05) is 18.8 Å². The van der Waals surface area contributed by atoms with Gasteiger partial charge in [0.25, 0.3) is 5.91 Å². The zero-order valence-corrected chi connectivity index (χ0v) is 9.83. The first kappa shape index (κ1) is 11.3. The van der Waals surface area contributed by atoms with Crippen molar-refractivity contribution in [2.45, 2.75) is 19.3 Å². The minimum Gasteiger partial charge on any atom is -0.399 e. The summed E-state index contributed by atoms with van der Waals surface area (Å²) in [5.41, 5.74) is 6.76. The van der Waals surface area contributed by atoms with Crippen LogP contribution in [0.2, 0.25) is 5.02 Å². The van der Waals surface area contributed by atoms with Crippen LogP contribution in [0.15, 0.2) is 18.2 Å². The summed E-state index contributed by atoms with van der Waals surface area (Å²) in [6.07, 6.45) is 3.35. The first-order chi connectivity index (χ1) is 7.68. The standard InChI is InChI=1S/C12H15ClN2O/c13-11-5-4-9(14)8-10(11)12(16)15-6-2-1-3-7-15/h4-5,8H,1-3,6-7,14H2. The smallest absolute Gasteiger partial charge is 0.255 e. The molecule has 0 radical (unpaired) electrons. The first-order valence-electron chi connectivity index (χ1n) is 5.53. The molecule has 2 N–H and O–H groups in total. The molecule has 0 spiro atoms. The Hall–Kier alpha value is -1.22. The van der Waals surface area contributed by atoms with Crippen LogP contribution in [0, 0.1) is 0 Å². The quantitative estimate of drug-likeness (QED) is 0.765. The van der Waals surface area contributed by atoms with E-state index >= 15 is 0 Å². The van der Waals surface area contributed by atoms with Gasteiger partial charge in [0.2, 0.25) is 0 Å². The van der Waals surface area contributed by atoms with Crippen molar-refractivity contribution in [1.29, 1.82) is 0 Å². The van der Waals surface area contributed by atoms with Crippen LogP contribution >= 0.6 is 11.6 Å². The normalized spacial score (nSPS) is 16.2. The van der Waals surface area contributed by atoms with Gasteiger partial charge in [-0.1, -0.05) is 11.6 Å². The van der Waals surface area contributed by atoms with Crippen LogP contribution < -0.4 is 5.73 Å². The van der Waals surface area contributed by atoms with E-state index in [9.17, 15) is 4.79 Å². The van der Waals surface area contributed by atoms with Gasteiger partial charge in [-0.05, 0) is 37.5 Å². The molecule has 1 amide bonds. The Labute approximate surface area is 100 Å². The minimum atomic E-state index is -0.00278. The molecule has 1 saturated heterocycles. The summed E-state index contributed by atoms with van der Waals surface area (Å²) in [6, 6.07) is 5.03. The van der Waals surface area contributed by atoms with Crippen molar-refractivity contribution in [2.75, 3.05) is 18.8 Å². The number of anilines is 1. The molecule has 1 aliphatic heterocycles. The summed E-state index contributed by atoms with van der Waals surface area (Å²) in [5, 5.41) is 0.477. The molecule has 0 atom stereocenters. The fourth-order valence-electron chi connectivity index (χ4n) is 1.97. The number of likely N-dealkylation sites (tertiary alicyclic amines) is 1. The summed E-state index contributed by atoms with van der Waals surface area (Å²) < 4.78 is 0.